The van der Waals surface area contributed by atoms with Crippen LogP contribution < -0.4 is 11.1 Å². The molecule has 0 aliphatic heterocycles. The first-order chi connectivity index (χ1) is 8.60. The molecular formula is C14H25N3O. The van der Waals surface area contributed by atoms with Crippen molar-refractivity contribution in [3.8, 4) is 0 Å². The minimum Gasteiger partial charge on any atom is -0.383 e. The highest BCUT2D eigenvalue weighted by molar-refractivity contribution is 5.39. The lowest BCUT2D eigenvalue weighted by molar-refractivity contribution is 0.00538. The van der Waals surface area contributed by atoms with Gasteiger partial charge in [-0.2, -0.15) is 0 Å². The zero-order valence-electron chi connectivity index (χ0n) is 11.8. The molecule has 18 heavy (non-hydrogen) atoms. The van der Waals surface area contributed by atoms with Gasteiger partial charge in [0.2, 0.25) is 0 Å². The van der Waals surface area contributed by atoms with Crippen molar-refractivity contribution < 1.29 is 4.74 Å². The number of nitrogen functional groups attached to an aromatic ring is 1. The van der Waals surface area contributed by atoms with Gasteiger partial charge in [-0.25, -0.2) is 4.98 Å². The fourth-order valence-electron chi connectivity index (χ4n) is 2.21. The molecule has 3 N–H and O–H groups in total. The van der Waals surface area contributed by atoms with Gasteiger partial charge in [0.05, 0.1) is 6.10 Å². The maximum absolute atomic E-state index is 5.89. The van der Waals surface area contributed by atoms with E-state index in [4.69, 9.17) is 10.5 Å². The molecule has 4 heteroatoms. The van der Waals surface area contributed by atoms with Crippen molar-refractivity contribution in [3.63, 3.8) is 0 Å². The normalized spacial score (nSPS) is 14.7. The molecule has 1 aromatic rings. The van der Waals surface area contributed by atoms with Crippen LogP contribution in [0, 0.1) is 5.92 Å². The summed E-state index contributed by atoms with van der Waals surface area (Å²) < 4.78 is 5.84. The average Bonchev–Trinajstić information content (AvgIpc) is 2.35. The minimum absolute atomic E-state index is 0.180. The van der Waals surface area contributed by atoms with Gasteiger partial charge < -0.3 is 15.8 Å². The lowest BCUT2D eigenvalue weighted by Gasteiger charge is -2.30. The van der Waals surface area contributed by atoms with Crippen LogP contribution in [0.4, 0.5) is 5.82 Å². The third-order valence-electron chi connectivity index (χ3n) is 3.15. The highest BCUT2D eigenvalue weighted by Gasteiger charge is 2.24. The summed E-state index contributed by atoms with van der Waals surface area (Å²) in [6.45, 7) is 7.11. The van der Waals surface area contributed by atoms with Crippen LogP contribution in [0.1, 0.15) is 26.3 Å². The van der Waals surface area contributed by atoms with Crippen LogP contribution in [0.3, 0.4) is 0 Å². The van der Waals surface area contributed by atoms with Crippen LogP contribution in [0.5, 0.6) is 0 Å². The summed E-state index contributed by atoms with van der Waals surface area (Å²) >= 11 is 0. The van der Waals surface area contributed by atoms with E-state index in [2.05, 4.69) is 24.1 Å². The Balaban J connectivity index is 2.79. The van der Waals surface area contributed by atoms with Gasteiger partial charge in [-0.3, -0.25) is 0 Å². The zero-order chi connectivity index (χ0) is 13.5. The number of ether oxygens (including phenoxy) is 1. The summed E-state index contributed by atoms with van der Waals surface area (Å²) in [6, 6.07) is 4.19. The molecule has 0 spiro atoms. The van der Waals surface area contributed by atoms with Gasteiger partial charge in [-0.1, -0.05) is 19.9 Å². The smallest absolute Gasteiger partial charge is 0.126 e. The number of nitrogens with zero attached hydrogens (tertiary/aromatic N) is 1. The molecule has 2 atom stereocenters. The van der Waals surface area contributed by atoms with Gasteiger partial charge in [0.15, 0.2) is 0 Å². The van der Waals surface area contributed by atoms with Crippen molar-refractivity contribution in [1.29, 1.82) is 0 Å². The standard InChI is InChI=1S/C14H25N3O/c1-5-18-13(10(2)3)12(16-4)9-11-7-6-8-17-14(11)15/h6-8,10,12-13,16H,5,9H2,1-4H3,(H2,15,17). The Morgan fingerprint density at radius 1 is 1.44 bits per heavy atom. The SMILES string of the molecule is CCOC(C(C)C)C(Cc1cccnc1N)NC. The maximum Gasteiger partial charge on any atom is 0.126 e. The summed E-state index contributed by atoms with van der Waals surface area (Å²) in [6.07, 6.45) is 2.73. The van der Waals surface area contributed by atoms with Crippen molar-refractivity contribution >= 4 is 5.82 Å². The first-order valence-electron chi connectivity index (χ1n) is 6.58. The topological polar surface area (TPSA) is 60.2 Å². The minimum atomic E-state index is 0.180. The van der Waals surface area contributed by atoms with Crippen molar-refractivity contribution in [2.24, 2.45) is 5.92 Å². The molecule has 2 unspecified atom stereocenters. The van der Waals surface area contributed by atoms with E-state index in [-0.39, 0.29) is 12.1 Å². The fraction of sp³-hybridized carbons (Fsp3) is 0.643. The number of pyridine rings is 1. The van der Waals surface area contributed by atoms with E-state index in [0.29, 0.717) is 11.7 Å². The van der Waals surface area contributed by atoms with Gasteiger partial charge in [0.25, 0.3) is 0 Å². The molecule has 0 fully saturated rings. The summed E-state index contributed by atoms with van der Waals surface area (Å²) in [7, 11) is 1.96. The second-order valence-corrected chi connectivity index (χ2v) is 4.81. The molecule has 0 radical (unpaired) electrons. The van der Waals surface area contributed by atoms with Crippen LogP contribution in [-0.4, -0.2) is 30.8 Å². The Morgan fingerprint density at radius 3 is 2.67 bits per heavy atom. The molecule has 0 aliphatic carbocycles. The summed E-state index contributed by atoms with van der Waals surface area (Å²) in [4.78, 5) is 4.13. The van der Waals surface area contributed by atoms with Crippen LogP contribution in [0.25, 0.3) is 0 Å². The third kappa shape index (κ3) is 3.96. The molecule has 0 amide bonds. The Kier molecular flexibility index (Phi) is 6.09. The van der Waals surface area contributed by atoms with E-state index >= 15 is 0 Å². The predicted octanol–water partition coefficient (Wildman–Crippen LogP) is 1.86. The highest BCUT2D eigenvalue weighted by Crippen LogP contribution is 2.17. The Bertz CT molecular complexity index is 355. The first kappa shape index (κ1) is 14.9. The molecule has 0 aliphatic rings. The van der Waals surface area contributed by atoms with Crippen LogP contribution in [0.2, 0.25) is 0 Å². The van der Waals surface area contributed by atoms with Gasteiger partial charge in [0.1, 0.15) is 5.82 Å². The predicted molar refractivity (Wildman–Crippen MR) is 75.5 cm³/mol. The van der Waals surface area contributed by atoms with Gasteiger partial charge in [-0.15, -0.1) is 0 Å². The Morgan fingerprint density at radius 2 is 2.17 bits per heavy atom. The molecule has 0 aromatic carbocycles. The highest BCUT2D eigenvalue weighted by atomic mass is 16.5. The molecule has 0 saturated carbocycles. The van der Waals surface area contributed by atoms with Crippen LogP contribution in [0.15, 0.2) is 18.3 Å². The van der Waals surface area contributed by atoms with Gasteiger partial charge in [0, 0.05) is 18.8 Å². The van der Waals surface area contributed by atoms with Crippen molar-refractivity contribution in [2.45, 2.75) is 39.3 Å². The zero-order valence-corrected chi connectivity index (χ0v) is 11.8. The monoisotopic (exact) mass is 251 g/mol. The lowest BCUT2D eigenvalue weighted by Crippen LogP contribution is -2.44. The second kappa shape index (κ2) is 7.34. The third-order valence-corrected chi connectivity index (χ3v) is 3.15. The maximum atomic E-state index is 5.89. The molecule has 1 rings (SSSR count). The van der Waals surface area contributed by atoms with E-state index in [9.17, 15) is 0 Å². The number of anilines is 1. The first-order valence-corrected chi connectivity index (χ1v) is 6.58. The second-order valence-electron chi connectivity index (χ2n) is 4.81. The van der Waals surface area contributed by atoms with Crippen molar-refractivity contribution in [2.75, 3.05) is 19.4 Å². The summed E-state index contributed by atoms with van der Waals surface area (Å²) in [5.74, 6) is 1.07. The lowest BCUT2D eigenvalue weighted by atomic mass is 9.94. The van der Waals surface area contributed by atoms with Crippen molar-refractivity contribution in [3.05, 3.63) is 23.9 Å². The number of hydrogen-bond donors (Lipinski definition) is 2. The van der Waals surface area contributed by atoms with Crippen LogP contribution >= 0.6 is 0 Å². The number of aromatic nitrogens is 1. The summed E-state index contributed by atoms with van der Waals surface area (Å²) in [5, 5.41) is 3.34. The van der Waals surface area contributed by atoms with E-state index in [1.807, 2.05) is 26.1 Å². The fourth-order valence-corrected chi connectivity index (χ4v) is 2.21. The molecule has 0 saturated heterocycles. The van der Waals surface area contributed by atoms with Gasteiger partial charge in [-0.05, 0) is 37.9 Å². The number of rotatable bonds is 7. The molecule has 102 valence electrons. The Hall–Kier alpha value is -1.13. The molecular weight excluding hydrogens is 226 g/mol. The van der Waals surface area contributed by atoms with E-state index < -0.39 is 0 Å². The Labute approximate surface area is 110 Å². The number of nitrogens with one attached hydrogen (secondary N) is 1. The number of nitrogens with two attached hydrogens (primary N) is 1. The molecule has 4 nitrogen and oxygen atoms in total. The van der Waals surface area contributed by atoms with Gasteiger partial charge >= 0.3 is 0 Å². The average molecular weight is 251 g/mol. The number of likely N-dealkylation sites (N-methyl/N-ethyl adjacent to an activating group) is 1. The molecule has 0 bridgehead atoms. The largest absolute Gasteiger partial charge is 0.383 e. The molecule has 1 heterocycles. The van der Waals surface area contributed by atoms with E-state index in [1.165, 1.54) is 0 Å². The summed E-state index contributed by atoms with van der Waals surface area (Å²) in [5.41, 5.74) is 6.97. The van der Waals surface area contributed by atoms with E-state index in [0.717, 1.165) is 18.6 Å². The molecule has 1 aromatic heterocycles. The van der Waals surface area contributed by atoms with Crippen LogP contribution in [-0.2, 0) is 11.2 Å². The quantitative estimate of drug-likeness (QED) is 0.776. The van der Waals surface area contributed by atoms with E-state index in [1.54, 1.807) is 6.20 Å². The number of hydrogen-bond acceptors (Lipinski definition) is 4. The van der Waals surface area contributed by atoms with Crippen molar-refractivity contribution in [1.82, 2.24) is 10.3 Å².